The number of hydrogen-bond donors (Lipinski definition) is 1. The Balaban J connectivity index is 2.45. The first-order chi connectivity index (χ1) is 9.68. The molecule has 3 nitrogen and oxygen atoms in total. The van der Waals surface area contributed by atoms with Gasteiger partial charge in [0.05, 0.1) is 11.3 Å². The first kappa shape index (κ1) is 16.0. The lowest BCUT2D eigenvalue weighted by Gasteiger charge is -2.14. The molecule has 0 aliphatic rings. The number of aromatic nitrogens is 2. The van der Waals surface area contributed by atoms with Crippen molar-refractivity contribution >= 4 is 39.0 Å². The fourth-order valence-corrected chi connectivity index (χ4v) is 2.20. The van der Waals surface area contributed by atoms with E-state index in [1.54, 1.807) is 13.8 Å². The van der Waals surface area contributed by atoms with Crippen LogP contribution in [0.2, 0.25) is 5.15 Å². The second-order valence-corrected chi connectivity index (χ2v) is 5.56. The Bertz CT molecular complexity index is 689. The Hall–Kier alpha value is -1.34. The molecule has 1 N–H and O–H groups in total. The molecule has 1 aromatic heterocycles. The molecule has 0 fully saturated rings. The molecule has 0 bridgehead atoms. The van der Waals surface area contributed by atoms with Gasteiger partial charge in [-0.05, 0) is 48.0 Å². The van der Waals surface area contributed by atoms with Gasteiger partial charge in [-0.3, -0.25) is 0 Å². The van der Waals surface area contributed by atoms with Crippen molar-refractivity contribution in [3.05, 3.63) is 44.8 Å². The summed E-state index contributed by atoms with van der Waals surface area (Å²) < 4.78 is 38.8. The predicted molar refractivity (Wildman–Crippen MR) is 78.9 cm³/mol. The quantitative estimate of drug-likeness (QED) is 0.721. The van der Waals surface area contributed by atoms with E-state index < -0.39 is 11.7 Å². The Morgan fingerprint density at radius 3 is 2.48 bits per heavy atom. The number of aryl methyl sites for hydroxylation is 1. The van der Waals surface area contributed by atoms with E-state index in [9.17, 15) is 13.2 Å². The van der Waals surface area contributed by atoms with Crippen molar-refractivity contribution in [3.8, 4) is 0 Å². The van der Waals surface area contributed by atoms with Crippen molar-refractivity contribution in [2.75, 3.05) is 5.32 Å². The molecule has 0 aliphatic heterocycles. The number of anilines is 2. The normalized spacial score (nSPS) is 11.6. The maximum atomic E-state index is 12.8. The molecule has 21 heavy (non-hydrogen) atoms. The lowest BCUT2D eigenvalue weighted by atomic mass is 10.2. The highest BCUT2D eigenvalue weighted by atomic mass is 79.9. The van der Waals surface area contributed by atoms with Gasteiger partial charge < -0.3 is 5.32 Å². The van der Waals surface area contributed by atoms with Crippen molar-refractivity contribution in [2.45, 2.75) is 20.0 Å². The van der Waals surface area contributed by atoms with Crippen LogP contribution in [-0.2, 0) is 6.18 Å². The number of nitrogens with zero attached hydrogens (tertiary/aromatic N) is 2. The van der Waals surface area contributed by atoms with Gasteiger partial charge in [0.15, 0.2) is 0 Å². The first-order valence-corrected chi connectivity index (χ1v) is 7.00. The summed E-state index contributed by atoms with van der Waals surface area (Å²) in [6, 6.07) is 3.34. The lowest BCUT2D eigenvalue weighted by molar-refractivity contribution is -0.137. The monoisotopic (exact) mass is 379 g/mol. The third-order valence-corrected chi connectivity index (χ3v) is 3.80. The first-order valence-electron chi connectivity index (χ1n) is 5.83. The summed E-state index contributed by atoms with van der Waals surface area (Å²) in [4.78, 5) is 8.13. The molecule has 0 saturated carbocycles. The van der Waals surface area contributed by atoms with Crippen molar-refractivity contribution in [2.24, 2.45) is 0 Å². The molecule has 0 amide bonds. The van der Waals surface area contributed by atoms with E-state index in [-0.39, 0.29) is 10.8 Å². The Labute approximate surface area is 132 Å². The number of benzene rings is 1. The fraction of sp³-hybridized carbons (Fsp3) is 0.231. The molecule has 0 unspecified atom stereocenters. The molecule has 0 atom stereocenters. The average Bonchev–Trinajstić information content (AvgIpc) is 2.36. The summed E-state index contributed by atoms with van der Waals surface area (Å²) in [6.45, 7) is 3.34. The van der Waals surface area contributed by atoms with Crippen LogP contribution in [0.1, 0.15) is 17.0 Å². The van der Waals surface area contributed by atoms with E-state index in [1.807, 2.05) is 0 Å². The van der Waals surface area contributed by atoms with Gasteiger partial charge in [-0.15, -0.1) is 0 Å². The standard InChI is InChI=1S/C13H10BrClF3N3/c1-6-11(15)19-7(2)20-12(6)21-10-5-8(13(16,17)18)3-4-9(10)14/h3-5H,1-2H3,(H,19,20,21). The number of halogens is 5. The largest absolute Gasteiger partial charge is 0.416 e. The third-order valence-electron chi connectivity index (χ3n) is 2.74. The van der Waals surface area contributed by atoms with Gasteiger partial charge >= 0.3 is 6.18 Å². The summed E-state index contributed by atoms with van der Waals surface area (Å²) in [5, 5.41) is 3.11. The molecule has 112 valence electrons. The molecule has 2 aromatic rings. The maximum Gasteiger partial charge on any atom is 0.416 e. The SMILES string of the molecule is Cc1nc(Cl)c(C)c(Nc2cc(C(F)(F)F)ccc2Br)n1. The second kappa shape index (κ2) is 5.81. The van der Waals surface area contributed by atoms with Gasteiger partial charge in [-0.2, -0.15) is 13.2 Å². The Morgan fingerprint density at radius 1 is 1.19 bits per heavy atom. The van der Waals surface area contributed by atoms with Crippen LogP contribution in [0, 0.1) is 13.8 Å². The molecule has 0 radical (unpaired) electrons. The Morgan fingerprint density at radius 2 is 1.86 bits per heavy atom. The van der Waals surface area contributed by atoms with Crippen molar-refractivity contribution in [1.82, 2.24) is 9.97 Å². The number of alkyl halides is 3. The zero-order valence-corrected chi connectivity index (χ0v) is 13.4. The number of rotatable bonds is 2. The molecule has 8 heteroatoms. The maximum absolute atomic E-state index is 12.8. The average molecular weight is 381 g/mol. The Kier molecular flexibility index (Phi) is 4.43. The smallest absolute Gasteiger partial charge is 0.339 e. The molecule has 0 saturated heterocycles. The molecule has 2 rings (SSSR count). The minimum Gasteiger partial charge on any atom is -0.339 e. The molecular weight excluding hydrogens is 371 g/mol. The summed E-state index contributed by atoms with van der Waals surface area (Å²) in [6.07, 6.45) is -4.41. The van der Waals surface area contributed by atoms with Crippen LogP contribution in [0.15, 0.2) is 22.7 Å². The van der Waals surface area contributed by atoms with E-state index in [1.165, 1.54) is 6.07 Å². The van der Waals surface area contributed by atoms with Gasteiger partial charge in [0.25, 0.3) is 0 Å². The van der Waals surface area contributed by atoms with Crippen LogP contribution in [0.5, 0.6) is 0 Å². The van der Waals surface area contributed by atoms with E-state index in [2.05, 4.69) is 31.2 Å². The minimum absolute atomic E-state index is 0.252. The lowest BCUT2D eigenvalue weighted by Crippen LogP contribution is -2.07. The van der Waals surface area contributed by atoms with E-state index in [0.29, 0.717) is 21.7 Å². The van der Waals surface area contributed by atoms with Crippen LogP contribution >= 0.6 is 27.5 Å². The predicted octanol–water partition coefficient (Wildman–Crippen LogP) is 5.27. The van der Waals surface area contributed by atoms with Gasteiger partial charge in [0, 0.05) is 10.0 Å². The third kappa shape index (κ3) is 3.65. The van der Waals surface area contributed by atoms with Crippen LogP contribution in [0.3, 0.4) is 0 Å². The van der Waals surface area contributed by atoms with Gasteiger partial charge in [-0.1, -0.05) is 11.6 Å². The highest BCUT2D eigenvalue weighted by molar-refractivity contribution is 9.10. The molecule has 1 heterocycles. The zero-order valence-electron chi connectivity index (χ0n) is 11.0. The summed E-state index contributed by atoms with van der Waals surface area (Å²) in [7, 11) is 0. The van der Waals surface area contributed by atoms with Crippen molar-refractivity contribution in [3.63, 3.8) is 0 Å². The summed E-state index contributed by atoms with van der Waals surface area (Å²) in [5.41, 5.74) is 0.0661. The number of hydrogen-bond acceptors (Lipinski definition) is 3. The minimum atomic E-state index is -4.41. The van der Waals surface area contributed by atoms with E-state index in [0.717, 1.165) is 12.1 Å². The van der Waals surface area contributed by atoms with E-state index in [4.69, 9.17) is 11.6 Å². The van der Waals surface area contributed by atoms with Gasteiger partial charge in [0.1, 0.15) is 16.8 Å². The van der Waals surface area contributed by atoms with Crippen molar-refractivity contribution < 1.29 is 13.2 Å². The summed E-state index contributed by atoms with van der Waals surface area (Å²) >= 11 is 9.16. The topological polar surface area (TPSA) is 37.8 Å². The molecule has 0 aliphatic carbocycles. The fourth-order valence-electron chi connectivity index (χ4n) is 1.64. The zero-order chi connectivity index (χ0) is 15.8. The summed E-state index contributed by atoms with van der Waals surface area (Å²) in [5.74, 6) is 0.795. The van der Waals surface area contributed by atoms with E-state index >= 15 is 0 Å². The van der Waals surface area contributed by atoms with Crippen LogP contribution < -0.4 is 5.32 Å². The van der Waals surface area contributed by atoms with Crippen LogP contribution in [0.4, 0.5) is 24.7 Å². The van der Waals surface area contributed by atoms with Crippen LogP contribution in [0.25, 0.3) is 0 Å². The highest BCUT2D eigenvalue weighted by Gasteiger charge is 2.31. The second-order valence-electron chi connectivity index (χ2n) is 4.35. The molecule has 0 spiro atoms. The molecule has 1 aromatic carbocycles. The van der Waals surface area contributed by atoms with Crippen LogP contribution in [-0.4, -0.2) is 9.97 Å². The number of nitrogens with one attached hydrogen (secondary N) is 1. The van der Waals surface area contributed by atoms with Gasteiger partial charge in [0.2, 0.25) is 0 Å². The highest BCUT2D eigenvalue weighted by Crippen LogP contribution is 2.35. The van der Waals surface area contributed by atoms with Crippen molar-refractivity contribution in [1.29, 1.82) is 0 Å². The van der Waals surface area contributed by atoms with Gasteiger partial charge in [-0.25, -0.2) is 9.97 Å². The molecular formula is C13H10BrClF3N3.